The highest BCUT2D eigenvalue weighted by Gasteiger charge is 2.35. The first-order chi connectivity index (χ1) is 9.85. The summed E-state index contributed by atoms with van der Waals surface area (Å²) in [7, 11) is 0. The summed E-state index contributed by atoms with van der Waals surface area (Å²) >= 11 is 1.93. The molecule has 0 aromatic carbocycles. The van der Waals surface area contributed by atoms with Crippen LogP contribution < -0.4 is 5.32 Å². The molecule has 0 amide bonds. The third kappa shape index (κ3) is 4.57. The van der Waals surface area contributed by atoms with Crippen molar-refractivity contribution in [1.29, 1.82) is 0 Å². The first-order valence-corrected chi connectivity index (χ1v) is 9.76. The van der Waals surface area contributed by atoms with Crippen LogP contribution >= 0.6 is 11.8 Å². The van der Waals surface area contributed by atoms with Crippen LogP contribution in [0.1, 0.15) is 45.4 Å². The lowest BCUT2D eigenvalue weighted by molar-refractivity contribution is 0.299. The molecule has 0 radical (unpaired) electrons. The van der Waals surface area contributed by atoms with Crippen molar-refractivity contribution >= 4 is 17.7 Å². The maximum Gasteiger partial charge on any atom is 0.193 e. The average molecular weight is 298 g/mol. The van der Waals surface area contributed by atoms with Crippen LogP contribution in [0.5, 0.6) is 0 Å². The van der Waals surface area contributed by atoms with Crippen LogP contribution in [0.15, 0.2) is 4.99 Å². The van der Waals surface area contributed by atoms with E-state index in [4.69, 9.17) is 4.99 Å². The van der Waals surface area contributed by atoms with Crippen molar-refractivity contribution in [2.24, 2.45) is 16.8 Å². The monoisotopic (exact) mass is 297 g/mol. The Balaban J connectivity index is 1.83. The van der Waals surface area contributed by atoms with Crippen molar-refractivity contribution < 1.29 is 0 Å². The Morgan fingerprint density at radius 3 is 2.50 bits per heavy atom. The Morgan fingerprint density at radius 2 is 1.90 bits per heavy atom. The summed E-state index contributed by atoms with van der Waals surface area (Å²) in [6.07, 6.45) is 10.4. The second kappa shape index (κ2) is 8.81. The summed E-state index contributed by atoms with van der Waals surface area (Å²) < 4.78 is 0. The lowest BCUT2D eigenvalue weighted by Gasteiger charge is -2.22. The van der Waals surface area contributed by atoms with Crippen molar-refractivity contribution in [2.45, 2.75) is 45.4 Å². The van der Waals surface area contributed by atoms with E-state index in [-0.39, 0.29) is 0 Å². The van der Waals surface area contributed by atoms with Gasteiger partial charge in [-0.3, -0.25) is 4.99 Å². The lowest BCUT2D eigenvalue weighted by Crippen LogP contribution is -2.40. The predicted molar refractivity (Wildman–Crippen MR) is 90.6 cm³/mol. The van der Waals surface area contributed by atoms with Gasteiger partial charge in [0.25, 0.3) is 0 Å². The molecule has 2 fully saturated rings. The fourth-order valence-electron chi connectivity index (χ4n) is 3.55. The standard InChI is InChI=1S/C16H31N3S/c1-3-17-16(18-10-6-7-11-20-2)19-12-14-8-4-5-9-15(14)13-19/h14-15H,3-13H2,1-2H3,(H,17,18). The summed E-state index contributed by atoms with van der Waals surface area (Å²) in [5, 5.41) is 3.50. The van der Waals surface area contributed by atoms with E-state index in [0.29, 0.717) is 0 Å². The lowest BCUT2D eigenvalue weighted by atomic mass is 9.82. The number of fused-ring (bicyclic) bond motifs is 1. The first kappa shape index (κ1) is 16.0. The topological polar surface area (TPSA) is 27.6 Å². The maximum absolute atomic E-state index is 4.85. The molecule has 2 unspecified atom stereocenters. The third-order valence-electron chi connectivity index (χ3n) is 4.63. The number of guanidine groups is 1. The maximum atomic E-state index is 4.85. The van der Waals surface area contributed by atoms with E-state index in [1.165, 1.54) is 63.3 Å². The normalized spacial score (nSPS) is 26.7. The average Bonchev–Trinajstić information content (AvgIpc) is 2.89. The molecule has 0 spiro atoms. The zero-order valence-electron chi connectivity index (χ0n) is 13.2. The largest absolute Gasteiger partial charge is 0.357 e. The summed E-state index contributed by atoms with van der Waals surface area (Å²) in [5.74, 6) is 4.30. The van der Waals surface area contributed by atoms with Gasteiger partial charge < -0.3 is 10.2 Å². The fourth-order valence-corrected chi connectivity index (χ4v) is 4.04. The number of thioether (sulfide) groups is 1. The SMILES string of the molecule is CCNC(=NCCCCSC)N1CC2CCCCC2C1. The Kier molecular flexibility index (Phi) is 7.05. The summed E-state index contributed by atoms with van der Waals surface area (Å²) in [6.45, 7) is 6.61. The van der Waals surface area contributed by atoms with E-state index in [0.717, 1.165) is 24.9 Å². The second-order valence-corrected chi connectivity index (χ2v) is 7.13. The molecule has 2 atom stereocenters. The van der Waals surface area contributed by atoms with Crippen LogP contribution in [0.2, 0.25) is 0 Å². The fraction of sp³-hybridized carbons (Fsp3) is 0.938. The molecule has 3 nitrogen and oxygen atoms in total. The summed E-state index contributed by atoms with van der Waals surface area (Å²) in [6, 6.07) is 0. The molecule has 4 heteroatoms. The minimum Gasteiger partial charge on any atom is -0.357 e. The predicted octanol–water partition coefficient (Wildman–Crippen LogP) is 3.22. The summed E-state index contributed by atoms with van der Waals surface area (Å²) in [4.78, 5) is 7.37. The van der Waals surface area contributed by atoms with Gasteiger partial charge in [-0.15, -0.1) is 0 Å². The molecule has 1 heterocycles. The second-order valence-electron chi connectivity index (χ2n) is 6.15. The quantitative estimate of drug-likeness (QED) is 0.463. The van der Waals surface area contributed by atoms with Gasteiger partial charge in [-0.1, -0.05) is 12.8 Å². The summed E-state index contributed by atoms with van der Waals surface area (Å²) in [5.41, 5.74) is 0. The number of nitrogens with one attached hydrogen (secondary N) is 1. The first-order valence-electron chi connectivity index (χ1n) is 8.37. The minimum absolute atomic E-state index is 0.934. The molecule has 0 aromatic heterocycles. The number of hydrogen-bond acceptors (Lipinski definition) is 2. The Morgan fingerprint density at radius 1 is 1.20 bits per heavy atom. The van der Waals surface area contributed by atoms with Crippen molar-refractivity contribution in [2.75, 3.05) is 38.2 Å². The Labute approximate surface area is 129 Å². The number of nitrogens with zero attached hydrogens (tertiary/aromatic N) is 2. The number of hydrogen-bond donors (Lipinski definition) is 1. The molecule has 116 valence electrons. The van der Waals surface area contributed by atoms with Gasteiger partial charge in [0.15, 0.2) is 5.96 Å². The van der Waals surface area contributed by atoms with Gasteiger partial charge in [0.05, 0.1) is 0 Å². The van der Waals surface area contributed by atoms with Gasteiger partial charge in [0.2, 0.25) is 0 Å². The smallest absolute Gasteiger partial charge is 0.193 e. The van der Waals surface area contributed by atoms with Crippen LogP contribution in [-0.2, 0) is 0 Å². The van der Waals surface area contributed by atoms with Crippen LogP contribution in [-0.4, -0.2) is 49.0 Å². The highest BCUT2D eigenvalue weighted by molar-refractivity contribution is 7.98. The van der Waals surface area contributed by atoms with Crippen LogP contribution in [0.25, 0.3) is 0 Å². The molecule has 1 N–H and O–H groups in total. The molecule has 2 rings (SSSR count). The van der Waals surface area contributed by atoms with E-state index >= 15 is 0 Å². The highest BCUT2D eigenvalue weighted by atomic mass is 32.2. The van der Waals surface area contributed by atoms with Crippen LogP contribution in [0, 0.1) is 11.8 Å². The zero-order valence-corrected chi connectivity index (χ0v) is 14.1. The van der Waals surface area contributed by atoms with E-state index in [2.05, 4.69) is 23.4 Å². The zero-order chi connectivity index (χ0) is 14.2. The molecule has 0 bridgehead atoms. The van der Waals surface area contributed by atoms with Crippen molar-refractivity contribution in [3.05, 3.63) is 0 Å². The van der Waals surface area contributed by atoms with Gasteiger partial charge in [-0.05, 0) is 56.5 Å². The molecule has 1 aliphatic heterocycles. The van der Waals surface area contributed by atoms with E-state index in [9.17, 15) is 0 Å². The Hall–Kier alpha value is -0.380. The number of rotatable bonds is 6. The van der Waals surface area contributed by atoms with Gasteiger partial charge in [0.1, 0.15) is 0 Å². The molecular formula is C16H31N3S. The highest BCUT2D eigenvalue weighted by Crippen LogP contribution is 2.35. The van der Waals surface area contributed by atoms with Gasteiger partial charge in [-0.2, -0.15) is 11.8 Å². The number of unbranched alkanes of at least 4 members (excludes halogenated alkanes) is 1. The number of aliphatic imine (C=N–C) groups is 1. The van der Waals surface area contributed by atoms with Crippen molar-refractivity contribution in [3.63, 3.8) is 0 Å². The Bertz CT molecular complexity index is 292. The molecule has 1 saturated carbocycles. The molecule has 2 aliphatic rings. The van der Waals surface area contributed by atoms with Crippen molar-refractivity contribution in [1.82, 2.24) is 10.2 Å². The minimum atomic E-state index is 0.934. The van der Waals surface area contributed by atoms with E-state index < -0.39 is 0 Å². The molecule has 1 aliphatic carbocycles. The number of likely N-dealkylation sites (tertiary alicyclic amines) is 1. The van der Waals surface area contributed by atoms with Gasteiger partial charge >= 0.3 is 0 Å². The molecule has 0 aromatic rings. The molecular weight excluding hydrogens is 266 g/mol. The van der Waals surface area contributed by atoms with Crippen LogP contribution in [0.4, 0.5) is 0 Å². The van der Waals surface area contributed by atoms with Crippen molar-refractivity contribution in [3.8, 4) is 0 Å². The van der Waals surface area contributed by atoms with Gasteiger partial charge in [-0.25, -0.2) is 0 Å². The third-order valence-corrected chi connectivity index (χ3v) is 5.33. The van der Waals surface area contributed by atoms with Gasteiger partial charge in [0, 0.05) is 26.2 Å². The molecule has 1 saturated heterocycles. The van der Waals surface area contributed by atoms with Crippen LogP contribution in [0.3, 0.4) is 0 Å². The van der Waals surface area contributed by atoms with E-state index in [1.807, 2.05) is 11.8 Å². The van der Waals surface area contributed by atoms with E-state index in [1.54, 1.807) is 0 Å². The molecule has 20 heavy (non-hydrogen) atoms.